The zero-order chi connectivity index (χ0) is 11.8. The predicted octanol–water partition coefficient (Wildman–Crippen LogP) is 4.54. The van der Waals surface area contributed by atoms with E-state index < -0.39 is 0 Å². The van der Waals surface area contributed by atoms with Gasteiger partial charge < -0.3 is 4.98 Å². The molecule has 1 aromatic heterocycles. The van der Waals surface area contributed by atoms with Crippen molar-refractivity contribution in [2.24, 2.45) is 0 Å². The third kappa shape index (κ3) is 2.02. The smallest absolute Gasteiger partial charge is 0.138 e. The van der Waals surface area contributed by atoms with Gasteiger partial charge in [0.2, 0.25) is 0 Å². The minimum Gasteiger partial charge on any atom is -0.338 e. The van der Waals surface area contributed by atoms with E-state index in [2.05, 4.69) is 9.97 Å². The second-order valence-electron chi connectivity index (χ2n) is 3.76. The third-order valence-electron chi connectivity index (χ3n) is 2.54. The van der Waals surface area contributed by atoms with Crippen LogP contribution in [0, 0.1) is 0 Å². The van der Waals surface area contributed by atoms with E-state index in [9.17, 15) is 0 Å². The number of hydrogen-bond donors (Lipinski definition) is 1. The van der Waals surface area contributed by atoms with Gasteiger partial charge in [-0.1, -0.05) is 35.3 Å². The maximum Gasteiger partial charge on any atom is 0.138 e. The summed E-state index contributed by atoms with van der Waals surface area (Å²) in [6.07, 6.45) is 0. The van der Waals surface area contributed by atoms with Crippen molar-refractivity contribution in [3.8, 4) is 11.4 Å². The molecule has 84 valence electrons. The van der Waals surface area contributed by atoms with Crippen molar-refractivity contribution in [1.29, 1.82) is 0 Å². The molecule has 0 bridgehead atoms. The first-order valence-corrected chi connectivity index (χ1v) is 5.89. The Hall–Kier alpha value is -1.51. The molecule has 0 saturated carbocycles. The van der Waals surface area contributed by atoms with Gasteiger partial charge in [-0.3, -0.25) is 0 Å². The molecule has 0 unspecified atom stereocenters. The Morgan fingerprint density at radius 3 is 2.59 bits per heavy atom. The van der Waals surface area contributed by atoms with Crippen molar-refractivity contribution in [2.45, 2.75) is 0 Å². The molecule has 3 rings (SSSR count). The van der Waals surface area contributed by atoms with Gasteiger partial charge in [0, 0.05) is 15.6 Å². The molecule has 0 radical (unpaired) electrons. The normalized spacial score (nSPS) is 10.9. The van der Waals surface area contributed by atoms with Crippen LogP contribution in [0.3, 0.4) is 0 Å². The van der Waals surface area contributed by atoms with Crippen LogP contribution in [-0.4, -0.2) is 9.97 Å². The molecule has 2 aromatic carbocycles. The van der Waals surface area contributed by atoms with Gasteiger partial charge >= 0.3 is 0 Å². The Morgan fingerprint density at radius 1 is 0.941 bits per heavy atom. The molecule has 0 amide bonds. The van der Waals surface area contributed by atoms with Crippen molar-refractivity contribution in [3.05, 3.63) is 52.5 Å². The molecule has 17 heavy (non-hydrogen) atoms. The van der Waals surface area contributed by atoms with Crippen LogP contribution in [0.2, 0.25) is 10.0 Å². The van der Waals surface area contributed by atoms with E-state index in [0.717, 1.165) is 22.4 Å². The molecule has 0 fully saturated rings. The number of halogens is 2. The molecule has 4 heteroatoms. The molecule has 1 heterocycles. The molecule has 0 atom stereocenters. The van der Waals surface area contributed by atoms with Crippen LogP contribution in [0.4, 0.5) is 0 Å². The SMILES string of the molecule is Clc1cccc(-c2nc3cc(Cl)ccc3[nH]2)c1. The van der Waals surface area contributed by atoms with Gasteiger partial charge in [0.1, 0.15) is 5.82 Å². The van der Waals surface area contributed by atoms with Crippen LogP contribution in [-0.2, 0) is 0 Å². The summed E-state index contributed by atoms with van der Waals surface area (Å²) in [4.78, 5) is 7.72. The summed E-state index contributed by atoms with van der Waals surface area (Å²) in [5.41, 5.74) is 2.78. The van der Waals surface area contributed by atoms with Crippen LogP contribution in [0.15, 0.2) is 42.5 Å². The van der Waals surface area contributed by atoms with Crippen LogP contribution in [0.25, 0.3) is 22.4 Å². The molecule has 0 aliphatic rings. The summed E-state index contributed by atoms with van der Waals surface area (Å²) in [6, 6.07) is 13.2. The van der Waals surface area contributed by atoms with Gasteiger partial charge in [0.25, 0.3) is 0 Å². The molecule has 1 N–H and O–H groups in total. The van der Waals surface area contributed by atoms with Gasteiger partial charge in [-0.15, -0.1) is 0 Å². The van der Waals surface area contributed by atoms with E-state index in [-0.39, 0.29) is 0 Å². The number of rotatable bonds is 1. The monoisotopic (exact) mass is 262 g/mol. The van der Waals surface area contributed by atoms with Crippen molar-refractivity contribution in [2.75, 3.05) is 0 Å². The van der Waals surface area contributed by atoms with Crippen LogP contribution >= 0.6 is 23.2 Å². The fraction of sp³-hybridized carbons (Fsp3) is 0. The largest absolute Gasteiger partial charge is 0.338 e. The van der Waals surface area contributed by atoms with Crippen LogP contribution < -0.4 is 0 Å². The molecule has 0 aliphatic heterocycles. The standard InChI is InChI=1S/C13H8Cl2N2/c14-9-3-1-2-8(6-9)13-16-11-5-4-10(15)7-12(11)17-13/h1-7H,(H,16,17). The number of nitrogens with zero attached hydrogens (tertiary/aromatic N) is 1. The van der Waals surface area contributed by atoms with E-state index in [0.29, 0.717) is 10.0 Å². The summed E-state index contributed by atoms with van der Waals surface area (Å²) in [7, 11) is 0. The summed E-state index contributed by atoms with van der Waals surface area (Å²) < 4.78 is 0. The summed E-state index contributed by atoms with van der Waals surface area (Å²) in [6.45, 7) is 0. The highest BCUT2D eigenvalue weighted by Gasteiger charge is 2.05. The van der Waals surface area contributed by atoms with Crippen molar-refractivity contribution in [1.82, 2.24) is 9.97 Å². The Balaban J connectivity index is 2.18. The predicted molar refractivity (Wildman–Crippen MR) is 71.5 cm³/mol. The topological polar surface area (TPSA) is 28.7 Å². The fourth-order valence-corrected chi connectivity index (χ4v) is 2.11. The first kappa shape index (κ1) is 10.6. The quantitative estimate of drug-likeness (QED) is 0.686. The van der Waals surface area contributed by atoms with E-state index >= 15 is 0 Å². The number of hydrogen-bond acceptors (Lipinski definition) is 1. The van der Waals surface area contributed by atoms with E-state index in [4.69, 9.17) is 23.2 Å². The summed E-state index contributed by atoms with van der Waals surface area (Å²) in [5.74, 6) is 0.796. The number of nitrogens with one attached hydrogen (secondary N) is 1. The lowest BCUT2D eigenvalue weighted by Crippen LogP contribution is -1.79. The average molecular weight is 263 g/mol. The fourth-order valence-electron chi connectivity index (χ4n) is 1.75. The van der Waals surface area contributed by atoms with Crippen molar-refractivity contribution >= 4 is 34.2 Å². The first-order chi connectivity index (χ1) is 8.22. The molecule has 0 aliphatic carbocycles. The van der Waals surface area contributed by atoms with Gasteiger partial charge in [-0.25, -0.2) is 4.98 Å². The zero-order valence-corrected chi connectivity index (χ0v) is 10.3. The first-order valence-electron chi connectivity index (χ1n) is 5.13. The molecule has 3 aromatic rings. The van der Waals surface area contributed by atoms with Gasteiger partial charge in [0.15, 0.2) is 0 Å². The third-order valence-corrected chi connectivity index (χ3v) is 3.01. The van der Waals surface area contributed by atoms with Gasteiger partial charge in [0.05, 0.1) is 11.0 Å². The van der Waals surface area contributed by atoms with E-state index in [1.165, 1.54) is 0 Å². The molecule has 0 spiro atoms. The van der Waals surface area contributed by atoms with Gasteiger partial charge in [-0.05, 0) is 30.3 Å². The lowest BCUT2D eigenvalue weighted by atomic mass is 10.2. The van der Waals surface area contributed by atoms with Crippen LogP contribution in [0.5, 0.6) is 0 Å². The Labute approximate surface area is 108 Å². The molecule has 0 saturated heterocycles. The summed E-state index contributed by atoms with van der Waals surface area (Å²) in [5, 5.41) is 1.38. The Kier molecular flexibility index (Phi) is 2.54. The number of benzene rings is 2. The second-order valence-corrected chi connectivity index (χ2v) is 4.63. The molecular formula is C13H8Cl2N2. The Bertz CT molecular complexity index is 689. The molecular weight excluding hydrogens is 255 g/mol. The number of imidazole rings is 1. The lowest BCUT2D eigenvalue weighted by molar-refractivity contribution is 1.34. The number of aromatic nitrogens is 2. The average Bonchev–Trinajstić information content (AvgIpc) is 2.72. The second kappa shape index (κ2) is 4.06. The minimum atomic E-state index is 0.682. The highest BCUT2D eigenvalue weighted by molar-refractivity contribution is 6.31. The van der Waals surface area contributed by atoms with Crippen molar-refractivity contribution < 1.29 is 0 Å². The highest BCUT2D eigenvalue weighted by atomic mass is 35.5. The number of H-pyrrole nitrogens is 1. The number of aromatic amines is 1. The summed E-state index contributed by atoms with van der Waals surface area (Å²) >= 11 is 11.9. The highest BCUT2D eigenvalue weighted by Crippen LogP contribution is 2.24. The van der Waals surface area contributed by atoms with Crippen LogP contribution in [0.1, 0.15) is 0 Å². The number of fused-ring (bicyclic) bond motifs is 1. The lowest BCUT2D eigenvalue weighted by Gasteiger charge is -1.96. The maximum absolute atomic E-state index is 5.96. The molecule has 2 nitrogen and oxygen atoms in total. The zero-order valence-electron chi connectivity index (χ0n) is 8.74. The van der Waals surface area contributed by atoms with E-state index in [1.807, 2.05) is 42.5 Å². The van der Waals surface area contributed by atoms with E-state index in [1.54, 1.807) is 0 Å². The Morgan fingerprint density at radius 2 is 1.76 bits per heavy atom. The maximum atomic E-state index is 5.96. The minimum absolute atomic E-state index is 0.682. The van der Waals surface area contributed by atoms with Gasteiger partial charge in [-0.2, -0.15) is 0 Å². The van der Waals surface area contributed by atoms with Crippen molar-refractivity contribution in [3.63, 3.8) is 0 Å².